The van der Waals surface area contributed by atoms with Crippen molar-refractivity contribution in [1.82, 2.24) is 15.1 Å². The number of hydrogen-bond acceptors (Lipinski definition) is 4. The molecule has 0 aliphatic carbocycles. The van der Waals surface area contributed by atoms with Crippen molar-refractivity contribution in [3.63, 3.8) is 0 Å². The zero-order valence-corrected chi connectivity index (χ0v) is 25.1. The van der Waals surface area contributed by atoms with Gasteiger partial charge in [0.05, 0.1) is 12.6 Å². The van der Waals surface area contributed by atoms with Gasteiger partial charge in [0.2, 0.25) is 5.91 Å². The van der Waals surface area contributed by atoms with Crippen LogP contribution in [0.3, 0.4) is 0 Å². The summed E-state index contributed by atoms with van der Waals surface area (Å²) < 4.78 is 6.06. The van der Waals surface area contributed by atoms with Crippen LogP contribution in [0, 0.1) is 0 Å². The van der Waals surface area contributed by atoms with Crippen LogP contribution in [0.1, 0.15) is 48.9 Å². The van der Waals surface area contributed by atoms with Gasteiger partial charge in [-0.25, -0.2) is 0 Å². The first-order valence-electron chi connectivity index (χ1n) is 15.3. The molecule has 3 aromatic carbocycles. The molecule has 6 nitrogen and oxygen atoms in total. The summed E-state index contributed by atoms with van der Waals surface area (Å²) in [6.45, 7) is 6.26. The van der Waals surface area contributed by atoms with Crippen LogP contribution in [0.15, 0.2) is 84.4 Å². The Labute approximate surface area is 250 Å². The molecule has 5 rings (SSSR count). The summed E-state index contributed by atoms with van der Waals surface area (Å²) in [4.78, 5) is 30.0. The fourth-order valence-corrected chi connectivity index (χ4v) is 6.14. The summed E-state index contributed by atoms with van der Waals surface area (Å²) in [6.07, 6.45) is 4.35. The molecule has 42 heavy (non-hydrogen) atoms. The fraction of sp³-hybridized carbons (Fsp3) is 0.389. The number of aryl methyl sites for hydroxylation is 2. The number of carbonyl (C=O) groups excluding carboxylic acids is 2. The lowest BCUT2D eigenvalue weighted by Crippen LogP contribution is -2.61. The highest BCUT2D eigenvalue weighted by Gasteiger charge is 2.39. The van der Waals surface area contributed by atoms with Crippen LogP contribution in [0.2, 0.25) is 0 Å². The molecule has 1 saturated heterocycles. The standard InChI is InChI=1S/C36H43N3O3/c1-4-29-14-8-9-15-34(29)42-22-10-13-28-16-18-30(19-17-28)32-23-31-24-39(26(2)40)25-33(37-31)35(32)36(41)38(3)21-20-27-11-6-5-7-12-27/h5-9,11-12,14-19,31,33,37H,4,10,13,20-25H2,1-3H3/t31-,33-/m1/s1. The normalized spacial score (nSPS) is 18.1. The van der Waals surface area contributed by atoms with Gasteiger partial charge in [0, 0.05) is 45.2 Å². The molecule has 2 atom stereocenters. The number of nitrogens with zero attached hydrogens (tertiary/aromatic N) is 2. The van der Waals surface area contributed by atoms with E-state index in [-0.39, 0.29) is 23.9 Å². The Bertz CT molecular complexity index is 1400. The molecule has 6 heteroatoms. The number of nitrogens with one attached hydrogen (secondary N) is 1. The fourth-order valence-electron chi connectivity index (χ4n) is 6.14. The minimum Gasteiger partial charge on any atom is -0.493 e. The average Bonchev–Trinajstić information content (AvgIpc) is 3.02. The number of rotatable bonds is 11. The third-order valence-corrected chi connectivity index (χ3v) is 8.53. The van der Waals surface area contributed by atoms with E-state index in [0.717, 1.165) is 54.6 Å². The van der Waals surface area contributed by atoms with E-state index < -0.39 is 0 Å². The number of piperazine rings is 1. The van der Waals surface area contributed by atoms with E-state index in [1.807, 2.05) is 47.2 Å². The van der Waals surface area contributed by atoms with E-state index in [1.54, 1.807) is 6.92 Å². The molecule has 1 fully saturated rings. The summed E-state index contributed by atoms with van der Waals surface area (Å²) in [5.41, 5.74) is 6.71. The van der Waals surface area contributed by atoms with Crippen LogP contribution < -0.4 is 10.1 Å². The number of para-hydroxylation sites is 1. The molecule has 0 spiro atoms. The Morgan fingerprint density at radius 3 is 2.38 bits per heavy atom. The lowest BCUT2D eigenvalue weighted by atomic mass is 9.82. The first-order chi connectivity index (χ1) is 20.4. The minimum absolute atomic E-state index is 0.0378. The van der Waals surface area contributed by atoms with E-state index in [4.69, 9.17) is 4.74 Å². The molecule has 1 N–H and O–H groups in total. The van der Waals surface area contributed by atoms with E-state index in [9.17, 15) is 9.59 Å². The molecule has 0 aromatic heterocycles. The van der Waals surface area contributed by atoms with Gasteiger partial charge in [0.15, 0.2) is 0 Å². The average molecular weight is 566 g/mol. The van der Waals surface area contributed by atoms with E-state index in [0.29, 0.717) is 26.2 Å². The smallest absolute Gasteiger partial charge is 0.251 e. The SMILES string of the molecule is CCc1ccccc1OCCCc1ccc(C2=C(C(=O)N(C)CCc3ccccc3)[C@H]3CN(C(C)=O)C[C@@H](C2)N3)cc1. The van der Waals surface area contributed by atoms with Crippen LogP contribution in [0.25, 0.3) is 5.57 Å². The topological polar surface area (TPSA) is 61.9 Å². The lowest BCUT2D eigenvalue weighted by molar-refractivity contribution is -0.132. The summed E-state index contributed by atoms with van der Waals surface area (Å²) in [7, 11) is 1.89. The van der Waals surface area contributed by atoms with Gasteiger partial charge >= 0.3 is 0 Å². The predicted molar refractivity (Wildman–Crippen MR) is 168 cm³/mol. The molecule has 2 amide bonds. The van der Waals surface area contributed by atoms with Gasteiger partial charge in [0.1, 0.15) is 5.75 Å². The molecule has 2 aliphatic rings. The van der Waals surface area contributed by atoms with Crippen molar-refractivity contribution in [2.24, 2.45) is 0 Å². The van der Waals surface area contributed by atoms with Crippen molar-refractivity contribution < 1.29 is 14.3 Å². The van der Waals surface area contributed by atoms with Crippen LogP contribution in [-0.4, -0.2) is 67.0 Å². The Kier molecular flexibility index (Phi) is 9.75. The van der Waals surface area contributed by atoms with Crippen molar-refractivity contribution in [1.29, 1.82) is 0 Å². The number of hydrogen-bond donors (Lipinski definition) is 1. The Morgan fingerprint density at radius 1 is 0.929 bits per heavy atom. The van der Waals surface area contributed by atoms with Gasteiger partial charge in [0.25, 0.3) is 5.91 Å². The second kappa shape index (κ2) is 13.8. The number of benzene rings is 3. The van der Waals surface area contributed by atoms with Gasteiger partial charge in [-0.2, -0.15) is 0 Å². The number of carbonyl (C=O) groups is 2. The van der Waals surface area contributed by atoms with Crippen LogP contribution >= 0.6 is 0 Å². The monoisotopic (exact) mass is 565 g/mol. The maximum Gasteiger partial charge on any atom is 0.251 e. The Hall–Kier alpha value is -3.90. The third kappa shape index (κ3) is 7.11. The van der Waals surface area contributed by atoms with Crippen LogP contribution in [-0.2, 0) is 28.9 Å². The Balaban J connectivity index is 1.30. The van der Waals surface area contributed by atoms with Gasteiger partial charge in [-0.1, -0.05) is 79.7 Å². The van der Waals surface area contributed by atoms with Crippen LogP contribution in [0.4, 0.5) is 0 Å². The molecule has 0 saturated carbocycles. The van der Waals surface area contributed by atoms with Gasteiger partial charge in [-0.3, -0.25) is 9.59 Å². The summed E-state index contributed by atoms with van der Waals surface area (Å²) in [6, 6.07) is 27.2. The number of likely N-dealkylation sites (N-methyl/N-ethyl adjacent to an activating group) is 1. The van der Waals surface area contributed by atoms with Gasteiger partial charge < -0.3 is 19.9 Å². The second-order valence-electron chi connectivity index (χ2n) is 11.5. The highest BCUT2D eigenvalue weighted by atomic mass is 16.5. The molecule has 3 aromatic rings. The molecule has 0 unspecified atom stereocenters. The number of ether oxygens (including phenoxy) is 1. The molecule has 2 aliphatic heterocycles. The molecule has 2 bridgehead atoms. The summed E-state index contributed by atoms with van der Waals surface area (Å²) in [5, 5.41) is 3.65. The first kappa shape index (κ1) is 29.6. The van der Waals surface area contributed by atoms with Crippen molar-refractivity contribution in [3.05, 3.63) is 107 Å². The minimum atomic E-state index is -0.175. The van der Waals surface area contributed by atoms with E-state index in [1.165, 1.54) is 16.7 Å². The second-order valence-corrected chi connectivity index (χ2v) is 11.5. The first-order valence-corrected chi connectivity index (χ1v) is 15.3. The molecular weight excluding hydrogens is 522 g/mol. The molecule has 2 heterocycles. The molecule has 220 valence electrons. The van der Waals surface area contributed by atoms with Gasteiger partial charge in [-0.15, -0.1) is 0 Å². The van der Waals surface area contributed by atoms with Crippen molar-refractivity contribution >= 4 is 17.4 Å². The van der Waals surface area contributed by atoms with E-state index >= 15 is 0 Å². The zero-order chi connectivity index (χ0) is 29.5. The largest absolute Gasteiger partial charge is 0.493 e. The highest BCUT2D eigenvalue weighted by Crippen LogP contribution is 2.34. The maximum absolute atomic E-state index is 14.0. The third-order valence-electron chi connectivity index (χ3n) is 8.53. The van der Waals surface area contributed by atoms with E-state index in [2.05, 4.69) is 60.8 Å². The lowest BCUT2D eigenvalue weighted by Gasteiger charge is -2.44. The molecule has 0 radical (unpaired) electrons. The van der Waals surface area contributed by atoms with Gasteiger partial charge in [-0.05, 0) is 66.0 Å². The predicted octanol–water partition coefficient (Wildman–Crippen LogP) is 5.31. The maximum atomic E-state index is 14.0. The quantitative estimate of drug-likeness (QED) is 0.320. The molecular formula is C36H43N3O3. The van der Waals surface area contributed by atoms with Crippen LogP contribution in [0.5, 0.6) is 5.75 Å². The van der Waals surface area contributed by atoms with Crippen molar-refractivity contribution in [3.8, 4) is 5.75 Å². The number of amides is 2. The summed E-state index contributed by atoms with van der Waals surface area (Å²) in [5.74, 6) is 1.08. The van der Waals surface area contributed by atoms with Crippen molar-refractivity contribution in [2.45, 2.75) is 58.0 Å². The Morgan fingerprint density at radius 2 is 1.64 bits per heavy atom. The summed E-state index contributed by atoms with van der Waals surface area (Å²) >= 11 is 0. The highest BCUT2D eigenvalue weighted by molar-refractivity contribution is 6.03. The van der Waals surface area contributed by atoms with Crippen molar-refractivity contribution in [2.75, 3.05) is 33.3 Å². The number of fused-ring (bicyclic) bond motifs is 2. The zero-order valence-electron chi connectivity index (χ0n) is 25.1.